The van der Waals surface area contributed by atoms with Gasteiger partial charge in [0.15, 0.2) is 0 Å². The molecule has 0 saturated carbocycles. The molecule has 0 saturated heterocycles. The molecule has 1 amide bonds. The number of rotatable bonds is 4. The highest BCUT2D eigenvalue weighted by atomic mass is 16.5. The van der Waals surface area contributed by atoms with Gasteiger partial charge in [-0.25, -0.2) is 9.97 Å². The zero-order valence-corrected chi connectivity index (χ0v) is 11.9. The van der Waals surface area contributed by atoms with Gasteiger partial charge in [0, 0.05) is 18.1 Å². The first kappa shape index (κ1) is 13.8. The maximum absolute atomic E-state index is 12.3. The summed E-state index contributed by atoms with van der Waals surface area (Å²) in [6.45, 7) is 0. The van der Waals surface area contributed by atoms with Gasteiger partial charge in [0.1, 0.15) is 23.6 Å². The Morgan fingerprint density at radius 1 is 1.18 bits per heavy atom. The van der Waals surface area contributed by atoms with Crippen LogP contribution in [0.3, 0.4) is 0 Å². The van der Waals surface area contributed by atoms with Crippen LogP contribution in [0.5, 0.6) is 5.75 Å². The number of ether oxygens (including phenoxy) is 1. The maximum atomic E-state index is 12.3. The number of benzene rings is 1. The molecule has 1 N–H and O–H groups in total. The normalized spacial score (nSPS) is 10.2. The third-order valence-electron chi connectivity index (χ3n) is 3.08. The van der Waals surface area contributed by atoms with E-state index in [9.17, 15) is 4.79 Å². The van der Waals surface area contributed by atoms with Gasteiger partial charge in [-0.15, -0.1) is 0 Å². The van der Waals surface area contributed by atoms with Crippen molar-refractivity contribution in [2.45, 2.75) is 0 Å². The SMILES string of the molecule is COc1ccc(NC(=O)c2cccc(-n3ccnc3)n2)cc1. The van der Waals surface area contributed by atoms with Crippen molar-refractivity contribution in [2.24, 2.45) is 0 Å². The number of methoxy groups -OCH3 is 1. The number of amides is 1. The van der Waals surface area contributed by atoms with Crippen molar-refractivity contribution in [1.29, 1.82) is 0 Å². The molecule has 22 heavy (non-hydrogen) atoms. The van der Waals surface area contributed by atoms with E-state index >= 15 is 0 Å². The lowest BCUT2D eigenvalue weighted by Crippen LogP contribution is -2.14. The highest BCUT2D eigenvalue weighted by molar-refractivity contribution is 6.02. The van der Waals surface area contributed by atoms with Crippen LogP contribution in [0, 0.1) is 0 Å². The van der Waals surface area contributed by atoms with Gasteiger partial charge in [-0.2, -0.15) is 0 Å². The second-order valence-corrected chi connectivity index (χ2v) is 4.53. The predicted octanol–water partition coefficient (Wildman–Crippen LogP) is 2.53. The number of pyridine rings is 1. The average Bonchev–Trinajstić information content (AvgIpc) is 3.10. The van der Waals surface area contributed by atoms with Crippen LogP contribution < -0.4 is 10.1 Å². The molecule has 0 radical (unpaired) electrons. The molecule has 1 aromatic carbocycles. The molecule has 0 fully saturated rings. The molecule has 2 heterocycles. The molecular weight excluding hydrogens is 280 g/mol. The number of hydrogen-bond donors (Lipinski definition) is 1. The summed E-state index contributed by atoms with van der Waals surface area (Å²) >= 11 is 0. The number of imidazole rings is 1. The minimum atomic E-state index is -0.271. The Bertz CT molecular complexity index is 767. The lowest BCUT2D eigenvalue weighted by molar-refractivity contribution is 0.102. The second kappa shape index (κ2) is 6.09. The fourth-order valence-electron chi connectivity index (χ4n) is 1.96. The van der Waals surface area contributed by atoms with E-state index in [0.717, 1.165) is 5.75 Å². The standard InChI is InChI=1S/C16H14N4O2/c1-22-13-7-5-12(6-8-13)18-16(21)14-3-2-4-15(19-14)20-10-9-17-11-20/h2-11H,1H3,(H,18,21). The van der Waals surface area contributed by atoms with Crippen molar-refractivity contribution < 1.29 is 9.53 Å². The van der Waals surface area contributed by atoms with Crippen molar-refractivity contribution in [1.82, 2.24) is 14.5 Å². The van der Waals surface area contributed by atoms with Crippen LogP contribution in [-0.4, -0.2) is 27.6 Å². The Kier molecular flexibility index (Phi) is 3.82. The van der Waals surface area contributed by atoms with Crippen LogP contribution in [-0.2, 0) is 0 Å². The Morgan fingerprint density at radius 2 is 2.00 bits per heavy atom. The number of anilines is 1. The predicted molar refractivity (Wildman–Crippen MR) is 82.3 cm³/mol. The van der Waals surface area contributed by atoms with Gasteiger partial charge < -0.3 is 10.1 Å². The van der Waals surface area contributed by atoms with Crippen LogP contribution in [0.1, 0.15) is 10.5 Å². The summed E-state index contributed by atoms with van der Waals surface area (Å²) < 4.78 is 6.82. The Hall–Kier alpha value is -3.15. The molecule has 0 aliphatic carbocycles. The minimum absolute atomic E-state index is 0.271. The summed E-state index contributed by atoms with van der Waals surface area (Å²) in [5, 5.41) is 2.80. The number of nitrogens with zero attached hydrogens (tertiary/aromatic N) is 3. The lowest BCUT2D eigenvalue weighted by Gasteiger charge is -2.07. The molecule has 0 spiro atoms. The van der Waals surface area contributed by atoms with Gasteiger partial charge in [0.05, 0.1) is 7.11 Å². The van der Waals surface area contributed by atoms with Gasteiger partial charge in [-0.1, -0.05) is 6.07 Å². The Morgan fingerprint density at radius 3 is 2.68 bits per heavy atom. The summed E-state index contributed by atoms with van der Waals surface area (Å²) in [5.41, 5.74) is 1.02. The highest BCUT2D eigenvalue weighted by Crippen LogP contribution is 2.16. The molecule has 110 valence electrons. The molecule has 0 unspecified atom stereocenters. The van der Waals surface area contributed by atoms with Gasteiger partial charge in [0.25, 0.3) is 5.91 Å². The maximum Gasteiger partial charge on any atom is 0.274 e. The van der Waals surface area contributed by atoms with Crippen LogP contribution in [0.15, 0.2) is 61.2 Å². The summed E-state index contributed by atoms with van der Waals surface area (Å²) in [7, 11) is 1.60. The van der Waals surface area contributed by atoms with Crippen molar-refractivity contribution in [3.63, 3.8) is 0 Å². The van der Waals surface area contributed by atoms with E-state index in [1.165, 1.54) is 0 Å². The third kappa shape index (κ3) is 2.95. The molecule has 6 nitrogen and oxygen atoms in total. The summed E-state index contributed by atoms with van der Waals surface area (Å²) in [6, 6.07) is 12.4. The second-order valence-electron chi connectivity index (χ2n) is 4.53. The van der Waals surface area contributed by atoms with E-state index in [1.807, 2.05) is 6.07 Å². The molecule has 3 rings (SSSR count). The first-order chi connectivity index (χ1) is 10.8. The topological polar surface area (TPSA) is 69.0 Å². The van der Waals surface area contributed by atoms with Crippen LogP contribution in [0.2, 0.25) is 0 Å². The molecule has 0 aliphatic heterocycles. The molecule has 3 aromatic rings. The lowest BCUT2D eigenvalue weighted by atomic mass is 10.2. The van der Waals surface area contributed by atoms with Crippen molar-refractivity contribution >= 4 is 11.6 Å². The zero-order valence-electron chi connectivity index (χ0n) is 11.9. The Balaban J connectivity index is 1.78. The quantitative estimate of drug-likeness (QED) is 0.802. The molecule has 0 atom stereocenters. The van der Waals surface area contributed by atoms with Crippen molar-refractivity contribution in [2.75, 3.05) is 12.4 Å². The van der Waals surface area contributed by atoms with Gasteiger partial charge in [0.2, 0.25) is 0 Å². The molecular formula is C16H14N4O2. The number of hydrogen-bond acceptors (Lipinski definition) is 4. The first-order valence-corrected chi connectivity index (χ1v) is 6.67. The van der Waals surface area contributed by atoms with Gasteiger partial charge >= 0.3 is 0 Å². The largest absolute Gasteiger partial charge is 0.497 e. The van der Waals surface area contributed by atoms with Crippen LogP contribution >= 0.6 is 0 Å². The number of aromatic nitrogens is 3. The number of carbonyl (C=O) groups is 1. The summed E-state index contributed by atoms with van der Waals surface area (Å²) in [4.78, 5) is 20.6. The monoisotopic (exact) mass is 294 g/mol. The van der Waals surface area contributed by atoms with E-state index in [1.54, 1.807) is 66.8 Å². The average molecular weight is 294 g/mol. The van der Waals surface area contributed by atoms with E-state index in [0.29, 0.717) is 17.2 Å². The minimum Gasteiger partial charge on any atom is -0.497 e. The zero-order chi connectivity index (χ0) is 15.4. The molecule has 0 aliphatic rings. The third-order valence-corrected chi connectivity index (χ3v) is 3.08. The number of carbonyl (C=O) groups excluding carboxylic acids is 1. The van der Waals surface area contributed by atoms with E-state index < -0.39 is 0 Å². The van der Waals surface area contributed by atoms with Crippen LogP contribution in [0.4, 0.5) is 5.69 Å². The van der Waals surface area contributed by atoms with Crippen molar-refractivity contribution in [3.8, 4) is 11.6 Å². The Labute approximate surface area is 127 Å². The van der Waals surface area contributed by atoms with Gasteiger partial charge in [-0.05, 0) is 36.4 Å². The smallest absolute Gasteiger partial charge is 0.274 e. The molecule has 0 bridgehead atoms. The number of nitrogens with one attached hydrogen (secondary N) is 1. The first-order valence-electron chi connectivity index (χ1n) is 6.67. The van der Waals surface area contributed by atoms with E-state index in [2.05, 4.69) is 15.3 Å². The van der Waals surface area contributed by atoms with Crippen molar-refractivity contribution in [3.05, 3.63) is 66.9 Å². The fourth-order valence-corrected chi connectivity index (χ4v) is 1.96. The molecule has 2 aromatic heterocycles. The van der Waals surface area contributed by atoms with E-state index in [-0.39, 0.29) is 5.91 Å². The van der Waals surface area contributed by atoms with E-state index in [4.69, 9.17) is 4.74 Å². The van der Waals surface area contributed by atoms with Gasteiger partial charge in [-0.3, -0.25) is 9.36 Å². The van der Waals surface area contributed by atoms with Crippen LogP contribution in [0.25, 0.3) is 5.82 Å². The summed E-state index contributed by atoms with van der Waals surface area (Å²) in [6.07, 6.45) is 5.06. The summed E-state index contributed by atoms with van der Waals surface area (Å²) in [5.74, 6) is 1.10. The highest BCUT2D eigenvalue weighted by Gasteiger charge is 2.09. The fraction of sp³-hybridized carbons (Fsp3) is 0.0625. The molecule has 6 heteroatoms.